The Hall–Kier alpha value is -3.40. The van der Waals surface area contributed by atoms with Crippen molar-refractivity contribution in [3.05, 3.63) is 92.7 Å². The van der Waals surface area contributed by atoms with Crippen molar-refractivity contribution in [3.8, 4) is 17.6 Å². The van der Waals surface area contributed by atoms with Crippen LogP contribution >= 0.6 is 23.2 Å². The van der Waals surface area contributed by atoms with Gasteiger partial charge < -0.3 is 19.6 Å². The summed E-state index contributed by atoms with van der Waals surface area (Å²) in [4.78, 5) is 12.5. The van der Waals surface area contributed by atoms with Gasteiger partial charge in [0, 0.05) is 16.7 Å². The standard InChI is InChI=1S/C22H14Cl2N2O4/c1-11-2-7-18(28-11)20-15-6-4-13(9-19(15)30-21(26)16(20)10-25)29-22(27)14-5-3-12(23)8-17(14)24/h2-9,20H,26H2,1H3. The SMILES string of the molecule is Cc1ccc(C2C(C#N)=C(N)Oc3cc(OC(=O)c4ccc(Cl)cc4Cl)ccc32)o1. The molecule has 8 heteroatoms. The fraction of sp³-hybridized carbons (Fsp3) is 0.0909. The van der Waals surface area contributed by atoms with E-state index in [1.54, 1.807) is 24.3 Å². The molecule has 0 bridgehead atoms. The number of esters is 1. The average Bonchev–Trinajstić information content (AvgIpc) is 3.12. The first-order valence-electron chi connectivity index (χ1n) is 8.82. The lowest BCUT2D eigenvalue weighted by molar-refractivity contribution is 0.0734. The number of nitriles is 1. The third-order valence-electron chi connectivity index (χ3n) is 4.60. The smallest absolute Gasteiger partial charge is 0.345 e. The van der Waals surface area contributed by atoms with Crippen molar-refractivity contribution in [2.75, 3.05) is 0 Å². The molecule has 0 aliphatic carbocycles. The number of carbonyl (C=O) groups excluding carboxylic acids is 1. The Labute approximate surface area is 182 Å². The van der Waals surface area contributed by atoms with Crippen LogP contribution in [0.4, 0.5) is 0 Å². The number of furan rings is 1. The summed E-state index contributed by atoms with van der Waals surface area (Å²) in [5, 5.41) is 10.2. The van der Waals surface area contributed by atoms with Gasteiger partial charge in [0.25, 0.3) is 0 Å². The number of halogens is 2. The number of nitrogens with two attached hydrogens (primary N) is 1. The van der Waals surface area contributed by atoms with Crippen molar-refractivity contribution >= 4 is 29.2 Å². The lowest BCUT2D eigenvalue weighted by Gasteiger charge is -2.25. The van der Waals surface area contributed by atoms with E-state index in [2.05, 4.69) is 6.07 Å². The monoisotopic (exact) mass is 440 g/mol. The summed E-state index contributed by atoms with van der Waals surface area (Å²) in [6, 6.07) is 15.0. The van der Waals surface area contributed by atoms with Gasteiger partial charge in [0.15, 0.2) is 0 Å². The second-order valence-electron chi connectivity index (χ2n) is 6.59. The zero-order valence-electron chi connectivity index (χ0n) is 15.6. The molecule has 1 atom stereocenters. The topological polar surface area (TPSA) is 98.5 Å². The Morgan fingerprint density at radius 1 is 1.17 bits per heavy atom. The number of aryl methyl sites for hydroxylation is 1. The van der Waals surface area contributed by atoms with Gasteiger partial charge >= 0.3 is 5.97 Å². The molecule has 1 aliphatic heterocycles. The zero-order valence-corrected chi connectivity index (χ0v) is 17.1. The maximum atomic E-state index is 12.5. The zero-order chi connectivity index (χ0) is 21.4. The first-order valence-corrected chi connectivity index (χ1v) is 9.58. The minimum Gasteiger partial charge on any atom is -0.465 e. The molecule has 2 heterocycles. The molecule has 0 radical (unpaired) electrons. The summed E-state index contributed by atoms with van der Waals surface area (Å²) in [5.74, 6) is 0.655. The minimum atomic E-state index is -0.646. The molecule has 2 N–H and O–H groups in total. The first kappa shape index (κ1) is 19.9. The molecule has 3 aromatic rings. The van der Waals surface area contributed by atoms with Crippen LogP contribution in [0.2, 0.25) is 10.0 Å². The number of rotatable bonds is 3. The normalized spacial score (nSPS) is 15.2. The van der Waals surface area contributed by atoms with Crippen LogP contribution in [0.3, 0.4) is 0 Å². The summed E-state index contributed by atoms with van der Waals surface area (Å²) >= 11 is 11.9. The van der Waals surface area contributed by atoms with Gasteiger partial charge in [-0.25, -0.2) is 4.79 Å². The molecule has 0 saturated heterocycles. The molecular formula is C22H14Cl2N2O4. The maximum Gasteiger partial charge on any atom is 0.345 e. The van der Waals surface area contributed by atoms with Gasteiger partial charge in [0.2, 0.25) is 5.88 Å². The van der Waals surface area contributed by atoms with Crippen molar-refractivity contribution in [2.45, 2.75) is 12.8 Å². The third kappa shape index (κ3) is 3.61. The quantitative estimate of drug-likeness (QED) is 0.436. The fourth-order valence-electron chi connectivity index (χ4n) is 3.22. The van der Waals surface area contributed by atoms with E-state index in [1.165, 1.54) is 18.2 Å². The number of carbonyl (C=O) groups is 1. The second-order valence-corrected chi connectivity index (χ2v) is 7.43. The highest BCUT2D eigenvalue weighted by molar-refractivity contribution is 6.36. The fourth-order valence-corrected chi connectivity index (χ4v) is 3.70. The number of hydrogen-bond acceptors (Lipinski definition) is 6. The van der Waals surface area contributed by atoms with E-state index in [0.717, 1.165) is 0 Å². The average molecular weight is 441 g/mol. The van der Waals surface area contributed by atoms with Crippen LogP contribution in [0.25, 0.3) is 0 Å². The van der Waals surface area contributed by atoms with Crippen LogP contribution in [0.5, 0.6) is 11.5 Å². The van der Waals surface area contributed by atoms with E-state index in [1.807, 2.05) is 13.0 Å². The summed E-state index contributed by atoms with van der Waals surface area (Å²) in [5.41, 5.74) is 7.06. The molecule has 1 aromatic heterocycles. The van der Waals surface area contributed by atoms with Crippen molar-refractivity contribution in [1.29, 1.82) is 5.26 Å². The van der Waals surface area contributed by atoms with Gasteiger partial charge in [-0.1, -0.05) is 29.3 Å². The highest BCUT2D eigenvalue weighted by Crippen LogP contribution is 2.43. The Balaban J connectivity index is 1.68. The predicted molar refractivity (Wildman–Crippen MR) is 111 cm³/mol. The number of hydrogen-bond donors (Lipinski definition) is 1. The van der Waals surface area contributed by atoms with Crippen LogP contribution in [0.1, 0.15) is 33.4 Å². The molecule has 0 saturated carbocycles. The molecule has 0 amide bonds. The van der Waals surface area contributed by atoms with Gasteiger partial charge in [-0.3, -0.25) is 0 Å². The molecule has 0 spiro atoms. The number of allylic oxidation sites excluding steroid dienone is 1. The molecule has 150 valence electrons. The van der Waals surface area contributed by atoms with Gasteiger partial charge in [-0.05, 0) is 43.3 Å². The third-order valence-corrected chi connectivity index (χ3v) is 5.15. The highest BCUT2D eigenvalue weighted by Gasteiger charge is 2.33. The molecule has 0 fully saturated rings. The predicted octanol–water partition coefficient (Wildman–Crippen LogP) is 5.33. The van der Waals surface area contributed by atoms with Crippen molar-refractivity contribution in [3.63, 3.8) is 0 Å². The largest absolute Gasteiger partial charge is 0.465 e. The van der Waals surface area contributed by atoms with E-state index >= 15 is 0 Å². The number of ether oxygens (including phenoxy) is 2. The van der Waals surface area contributed by atoms with Crippen molar-refractivity contribution in [1.82, 2.24) is 0 Å². The number of fused-ring (bicyclic) bond motifs is 1. The molecule has 4 rings (SSSR count). The van der Waals surface area contributed by atoms with Gasteiger partial charge in [0.05, 0.1) is 16.5 Å². The summed E-state index contributed by atoms with van der Waals surface area (Å²) in [7, 11) is 0. The van der Waals surface area contributed by atoms with E-state index in [0.29, 0.717) is 27.9 Å². The van der Waals surface area contributed by atoms with Gasteiger partial charge in [0.1, 0.15) is 34.7 Å². The minimum absolute atomic E-state index is 0.0340. The summed E-state index contributed by atoms with van der Waals surface area (Å²) in [6.45, 7) is 1.81. The summed E-state index contributed by atoms with van der Waals surface area (Å²) in [6.07, 6.45) is 0. The Bertz CT molecular complexity index is 1240. The molecule has 6 nitrogen and oxygen atoms in total. The molecule has 1 unspecified atom stereocenters. The van der Waals surface area contributed by atoms with Crippen LogP contribution in [-0.2, 0) is 0 Å². The van der Waals surface area contributed by atoms with Crippen LogP contribution in [0, 0.1) is 18.3 Å². The van der Waals surface area contributed by atoms with Crippen molar-refractivity contribution < 1.29 is 18.7 Å². The van der Waals surface area contributed by atoms with E-state index in [-0.39, 0.29) is 27.8 Å². The number of benzene rings is 2. The Morgan fingerprint density at radius 3 is 2.63 bits per heavy atom. The van der Waals surface area contributed by atoms with Crippen LogP contribution in [0.15, 0.2) is 64.4 Å². The van der Waals surface area contributed by atoms with Crippen LogP contribution < -0.4 is 15.2 Å². The Kier molecular flexibility index (Phi) is 5.17. The Morgan fingerprint density at radius 2 is 1.97 bits per heavy atom. The molecule has 1 aliphatic rings. The van der Waals surface area contributed by atoms with Crippen molar-refractivity contribution in [2.24, 2.45) is 5.73 Å². The molecular weight excluding hydrogens is 427 g/mol. The lowest BCUT2D eigenvalue weighted by atomic mass is 9.87. The maximum absolute atomic E-state index is 12.5. The van der Waals surface area contributed by atoms with E-state index in [9.17, 15) is 10.1 Å². The lowest BCUT2D eigenvalue weighted by Crippen LogP contribution is -2.21. The summed E-state index contributed by atoms with van der Waals surface area (Å²) < 4.78 is 16.8. The van der Waals surface area contributed by atoms with E-state index < -0.39 is 11.9 Å². The van der Waals surface area contributed by atoms with E-state index in [4.69, 9.17) is 42.8 Å². The second kappa shape index (κ2) is 7.79. The molecule has 2 aromatic carbocycles. The first-order chi connectivity index (χ1) is 14.4. The van der Waals surface area contributed by atoms with Gasteiger partial charge in [-0.15, -0.1) is 0 Å². The van der Waals surface area contributed by atoms with Gasteiger partial charge in [-0.2, -0.15) is 5.26 Å². The molecule has 30 heavy (non-hydrogen) atoms. The number of nitrogens with zero attached hydrogens (tertiary/aromatic N) is 1. The van der Waals surface area contributed by atoms with Crippen LogP contribution in [-0.4, -0.2) is 5.97 Å². The highest BCUT2D eigenvalue weighted by atomic mass is 35.5.